The first-order chi connectivity index (χ1) is 7.74. The molecular formula is C12H19NO4. The first-order valence-electron chi connectivity index (χ1n) is 5.80. The molecule has 17 heavy (non-hydrogen) atoms. The molecule has 0 bridgehead atoms. The van der Waals surface area contributed by atoms with Gasteiger partial charge in [0.1, 0.15) is 11.4 Å². The normalized spacial score (nSPS) is 21.6. The van der Waals surface area contributed by atoms with Crippen LogP contribution >= 0.6 is 0 Å². The topological polar surface area (TPSA) is 63.7 Å². The predicted octanol–water partition coefficient (Wildman–Crippen LogP) is 1.75. The zero-order valence-electron chi connectivity index (χ0n) is 10.8. The summed E-state index contributed by atoms with van der Waals surface area (Å²) >= 11 is 0. The summed E-state index contributed by atoms with van der Waals surface area (Å²) in [5, 5.41) is 0. The Kier molecular flexibility index (Phi) is 3.91. The van der Waals surface area contributed by atoms with Crippen LogP contribution in [0.5, 0.6) is 0 Å². The number of hydrogen-bond acceptors (Lipinski definition) is 4. The molecule has 0 aromatic carbocycles. The molecular weight excluding hydrogens is 222 g/mol. The van der Waals surface area contributed by atoms with Gasteiger partial charge in [-0.3, -0.25) is 9.59 Å². The van der Waals surface area contributed by atoms with Crippen molar-refractivity contribution in [3.05, 3.63) is 0 Å². The Hall–Kier alpha value is -1.39. The van der Waals surface area contributed by atoms with Crippen LogP contribution in [0.4, 0.5) is 4.79 Å². The Labute approximate surface area is 101 Å². The van der Waals surface area contributed by atoms with Crippen molar-refractivity contribution in [2.75, 3.05) is 6.54 Å². The summed E-state index contributed by atoms with van der Waals surface area (Å²) in [4.78, 5) is 35.9. The van der Waals surface area contributed by atoms with E-state index in [0.717, 1.165) is 4.90 Å². The summed E-state index contributed by atoms with van der Waals surface area (Å²) in [5.41, 5.74) is -0.638. The molecule has 1 fully saturated rings. The number of amides is 2. The summed E-state index contributed by atoms with van der Waals surface area (Å²) in [6.45, 7) is 7.22. The van der Waals surface area contributed by atoms with Gasteiger partial charge >= 0.3 is 6.09 Å². The molecule has 1 atom stereocenters. The number of imide groups is 1. The summed E-state index contributed by atoms with van der Waals surface area (Å²) in [6, 6.07) is 0. The van der Waals surface area contributed by atoms with Crippen molar-refractivity contribution in [1.29, 1.82) is 0 Å². The zero-order valence-corrected chi connectivity index (χ0v) is 10.8. The van der Waals surface area contributed by atoms with Crippen LogP contribution in [-0.2, 0) is 14.3 Å². The van der Waals surface area contributed by atoms with Gasteiger partial charge in [0.05, 0.1) is 6.42 Å². The van der Waals surface area contributed by atoms with E-state index in [4.69, 9.17) is 4.74 Å². The highest BCUT2D eigenvalue weighted by atomic mass is 16.6. The number of nitrogens with zero attached hydrogens (tertiary/aromatic N) is 1. The van der Waals surface area contributed by atoms with Gasteiger partial charge in [-0.25, -0.2) is 9.69 Å². The lowest BCUT2D eigenvalue weighted by atomic mass is 9.94. The van der Waals surface area contributed by atoms with Crippen LogP contribution in [-0.4, -0.2) is 34.8 Å². The maximum atomic E-state index is 11.8. The van der Waals surface area contributed by atoms with E-state index in [0.29, 0.717) is 6.42 Å². The van der Waals surface area contributed by atoms with Gasteiger partial charge in [-0.1, -0.05) is 6.92 Å². The molecule has 0 spiro atoms. The Morgan fingerprint density at radius 3 is 2.47 bits per heavy atom. The SMILES string of the molecule is CC[C@@H]1CN(C(=O)OC(C)(C)C)C(=O)CC1=O. The van der Waals surface area contributed by atoms with Crippen LogP contribution in [0.25, 0.3) is 0 Å². The van der Waals surface area contributed by atoms with Gasteiger partial charge < -0.3 is 4.74 Å². The van der Waals surface area contributed by atoms with Crippen molar-refractivity contribution in [3.63, 3.8) is 0 Å². The largest absolute Gasteiger partial charge is 0.443 e. The lowest BCUT2D eigenvalue weighted by Gasteiger charge is -2.31. The van der Waals surface area contributed by atoms with Gasteiger partial charge in [-0.05, 0) is 27.2 Å². The van der Waals surface area contributed by atoms with Gasteiger partial charge in [-0.15, -0.1) is 0 Å². The third-order valence-corrected chi connectivity index (χ3v) is 2.59. The van der Waals surface area contributed by atoms with Gasteiger partial charge in [0.2, 0.25) is 5.91 Å². The summed E-state index contributed by atoms with van der Waals surface area (Å²) in [5.74, 6) is -0.800. The average molecular weight is 241 g/mol. The van der Waals surface area contributed by atoms with Gasteiger partial charge in [0.15, 0.2) is 0 Å². The van der Waals surface area contributed by atoms with E-state index in [9.17, 15) is 14.4 Å². The molecule has 2 amide bonds. The third-order valence-electron chi connectivity index (χ3n) is 2.59. The van der Waals surface area contributed by atoms with E-state index in [-0.39, 0.29) is 24.7 Å². The summed E-state index contributed by atoms with van der Waals surface area (Å²) < 4.78 is 5.13. The molecule has 1 aliphatic rings. The highest BCUT2D eigenvalue weighted by Gasteiger charge is 2.36. The quantitative estimate of drug-likeness (QED) is 0.656. The number of ketones is 1. The molecule has 5 nitrogen and oxygen atoms in total. The Morgan fingerprint density at radius 2 is 2.00 bits per heavy atom. The van der Waals surface area contributed by atoms with Crippen molar-refractivity contribution in [2.45, 2.75) is 46.1 Å². The fraction of sp³-hybridized carbons (Fsp3) is 0.750. The highest BCUT2D eigenvalue weighted by Crippen LogP contribution is 2.19. The van der Waals surface area contributed by atoms with Crippen molar-refractivity contribution in [1.82, 2.24) is 4.90 Å². The molecule has 0 aromatic rings. The minimum absolute atomic E-state index is 0.0858. The second kappa shape index (κ2) is 4.85. The monoisotopic (exact) mass is 241 g/mol. The molecule has 0 saturated carbocycles. The second-order valence-corrected chi connectivity index (χ2v) is 5.23. The summed E-state index contributed by atoms with van der Waals surface area (Å²) in [6.07, 6.45) is -0.225. The van der Waals surface area contributed by atoms with Crippen LogP contribution in [0.1, 0.15) is 40.5 Å². The van der Waals surface area contributed by atoms with E-state index in [2.05, 4.69) is 0 Å². The number of piperidine rings is 1. The Morgan fingerprint density at radius 1 is 1.41 bits per heavy atom. The second-order valence-electron chi connectivity index (χ2n) is 5.23. The fourth-order valence-corrected chi connectivity index (χ4v) is 1.66. The fourth-order valence-electron chi connectivity index (χ4n) is 1.66. The molecule has 1 saturated heterocycles. The van der Waals surface area contributed by atoms with Crippen molar-refractivity contribution in [2.24, 2.45) is 5.92 Å². The first-order valence-corrected chi connectivity index (χ1v) is 5.80. The molecule has 0 aromatic heterocycles. The zero-order chi connectivity index (χ0) is 13.2. The minimum atomic E-state index is -0.659. The maximum absolute atomic E-state index is 11.8. The van der Waals surface area contributed by atoms with E-state index >= 15 is 0 Å². The highest BCUT2D eigenvalue weighted by molar-refractivity contribution is 6.06. The molecule has 1 aliphatic heterocycles. The van der Waals surface area contributed by atoms with E-state index in [1.165, 1.54) is 0 Å². The van der Waals surface area contributed by atoms with Crippen LogP contribution in [0.3, 0.4) is 0 Å². The first kappa shape index (κ1) is 13.7. The van der Waals surface area contributed by atoms with Crippen molar-refractivity contribution in [3.8, 4) is 0 Å². The number of hydrogen-bond donors (Lipinski definition) is 0. The Bertz CT molecular complexity index is 343. The standard InChI is InChI=1S/C12H19NO4/c1-5-8-7-13(10(15)6-9(8)14)11(16)17-12(2,3)4/h8H,5-7H2,1-4H3/t8-/m1/s1. The van der Waals surface area contributed by atoms with E-state index < -0.39 is 17.6 Å². The van der Waals surface area contributed by atoms with Gasteiger partial charge in [-0.2, -0.15) is 0 Å². The maximum Gasteiger partial charge on any atom is 0.417 e. The molecule has 96 valence electrons. The van der Waals surface area contributed by atoms with E-state index in [1.54, 1.807) is 20.8 Å². The van der Waals surface area contributed by atoms with Crippen molar-refractivity contribution < 1.29 is 19.1 Å². The third kappa shape index (κ3) is 3.54. The average Bonchev–Trinajstić information content (AvgIpc) is 2.14. The molecule has 0 N–H and O–H groups in total. The number of carbonyl (C=O) groups excluding carboxylic acids is 3. The molecule has 1 rings (SSSR count). The number of likely N-dealkylation sites (tertiary alicyclic amines) is 1. The van der Waals surface area contributed by atoms with Gasteiger partial charge in [0, 0.05) is 12.5 Å². The van der Waals surface area contributed by atoms with Crippen molar-refractivity contribution >= 4 is 17.8 Å². The van der Waals surface area contributed by atoms with Crippen LogP contribution < -0.4 is 0 Å². The van der Waals surface area contributed by atoms with Gasteiger partial charge in [0.25, 0.3) is 0 Å². The smallest absolute Gasteiger partial charge is 0.417 e. The van der Waals surface area contributed by atoms with Crippen LogP contribution in [0.2, 0.25) is 0 Å². The number of Topliss-reactive ketones (excluding diaryl/α,β-unsaturated/α-hetero) is 1. The molecule has 1 heterocycles. The molecule has 0 radical (unpaired) electrons. The van der Waals surface area contributed by atoms with Crippen LogP contribution in [0.15, 0.2) is 0 Å². The number of rotatable bonds is 1. The number of ether oxygens (including phenoxy) is 1. The lowest BCUT2D eigenvalue weighted by Crippen LogP contribution is -2.49. The lowest BCUT2D eigenvalue weighted by molar-refractivity contribution is -0.141. The van der Waals surface area contributed by atoms with Crippen LogP contribution in [0, 0.1) is 5.92 Å². The summed E-state index contributed by atoms with van der Waals surface area (Å²) in [7, 11) is 0. The Balaban J connectivity index is 2.73. The molecule has 5 heteroatoms. The van der Waals surface area contributed by atoms with E-state index in [1.807, 2.05) is 6.92 Å². The predicted molar refractivity (Wildman–Crippen MR) is 61.4 cm³/mol. The molecule has 0 aliphatic carbocycles. The molecule has 0 unspecified atom stereocenters. The number of carbonyl (C=O) groups is 3. The minimum Gasteiger partial charge on any atom is -0.443 e.